The third kappa shape index (κ3) is 12.7. The summed E-state index contributed by atoms with van der Waals surface area (Å²) in [4.78, 5) is 2.15. The van der Waals surface area contributed by atoms with Crippen molar-refractivity contribution in [2.75, 3.05) is 27.7 Å². The lowest BCUT2D eigenvalue weighted by Crippen LogP contribution is -2.30. The number of para-hydroxylation sites is 1. The van der Waals surface area contributed by atoms with Gasteiger partial charge in [-0.15, -0.1) is 0 Å². The number of ether oxygens (including phenoxy) is 1. The number of hydrogen-bond donors (Lipinski definition) is 1. The van der Waals surface area contributed by atoms with E-state index in [1.54, 1.807) is 7.11 Å². The second-order valence-electron chi connectivity index (χ2n) is 5.30. The van der Waals surface area contributed by atoms with Gasteiger partial charge in [-0.1, -0.05) is 52.3 Å². The molecule has 0 amide bonds. The lowest BCUT2D eigenvalue weighted by atomic mass is 9.96. The Bertz CT molecular complexity index is 314. The molecule has 1 aromatic carbocycles. The topological polar surface area (TPSA) is 32.7 Å². The van der Waals surface area contributed by atoms with E-state index in [-0.39, 0.29) is 6.10 Å². The standard InChI is InChI=1S/C10H23NO.C7H8O.C2H6/c1-5-7-10(12)9(6-2)8-11(3)4;1-8-7-5-3-2-4-6-7;1-2/h9-10,12H,5-8H2,1-4H3;2-6H,1H3;1-2H3/t9-,10-;;/m1../s1. The lowest BCUT2D eigenvalue weighted by Gasteiger charge is -2.24. The Morgan fingerprint density at radius 3 is 1.95 bits per heavy atom. The number of aliphatic hydroxyl groups excluding tert-OH is 1. The molecule has 0 bridgehead atoms. The third-order valence-corrected chi connectivity index (χ3v) is 3.23. The van der Waals surface area contributed by atoms with E-state index in [2.05, 4.69) is 32.8 Å². The van der Waals surface area contributed by atoms with Crippen LogP contribution in [0.25, 0.3) is 0 Å². The fraction of sp³-hybridized carbons (Fsp3) is 0.684. The fourth-order valence-corrected chi connectivity index (χ4v) is 2.08. The van der Waals surface area contributed by atoms with E-state index in [1.807, 2.05) is 44.2 Å². The van der Waals surface area contributed by atoms with Crippen LogP contribution in [0, 0.1) is 5.92 Å². The van der Waals surface area contributed by atoms with Crippen LogP contribution in [0.5, 0.6) is 5.75 Å². The van der Waals surface area contributed by atoms with Gasteiger partial charge in [0, 0.05) is 6.54 Å². The summed E-state index contributed by atoms with van der Waals surface area (Å²) in [6, 6.07) is 9.68. The summed E-state index contributed by atoms with van der Waals surface area (Å²) in [6.07, 6.45) is 2.97. The van der Waals surface area contributed by atoms with Crippen LogP contribution < -0.4 is 4.74 Å². The molecule has 0 unspecified atom stereocenters. The van der Waals surface area contributed by atoms with Crippen LogP contribution in [0.15, 0.2) is 30.3 Å². The molecule has 0 saturated carbocycles. The van der Waals surface area contributed by atoms with Gasteiger partial charge in [0.15, 0.2) is 0 Å². The minimum absolute atomic E-state index is 0.109. The molecule has 3 heteroatoms. The summed E-state index contributed by atoms with van der Waals surface area (Å²) in [7, 11) is 5.78. The molecule has 130 valence electrons. The van der Waals surface area contributed by atoms with Crippen LogP contribution in [-0.4, -0.2) is 43.9 Å². The van der Waals surface area contributed by atoms with Crippen molar-refractivity contribution >= 4 is 0 Å². The second kappa shape index (κ2) is 16.3. The van der Waals surface area contributed by atoms with E-state index < -0.39 is 0 Å². The van der Waals surface area contributed by atoms with Crippen LogP contribution >= 0.6 is 0 Å². The molecule has 1 N–H and O–H groups in total. The van der Waals surface area contributed by atoms with E-state index in [9.17, 15) is 5.11 Å². The van der Waals surface area contributed by atoms with Crippen molar-refractivity contribution < 1.29 is 9.84 Å². The first-order valence-electron chi connectivity index (χ1n) is 8.46. The van der Waals surface area contributed by atoms with Gasteiger partial charge < -0.3 is 14.7 Å². The molecule has 2 atom stereocenters. The van der Waals surface area contributed by atoms with Gasteiger partial charge in [0.25, 0.3) is 0 Å². The van der Waals surface area contributed by atoms with Gasteiger partial charge >= 0.3 is 0 Å². The number of aliphatic hydroxyl groups is 1. The molecule has 0 saturated heterocycles. The highest BCUT2D eigenvalue weighted by Gasteiger charge is 2.16. The van der Waals surface area contributed by atoms with E-state index in [1.165, 1.54) is 0 Å². The van der Waals surface area contributed by atoms with Gasteiger partial charge in [0.05, 0.1) is 13.2 Å². The minimum Gasteiger partial charge on any atom is -0.497 e. The summed E-state index contributed by atoms with van der Waals surface area (Å²) < 4.78 is 4.91. The Morgan fingerprint density at radius 2 is 1.64 bits per heavy atom. The Kier molecular flexibility index (Phi) is 17.2. The zero-order valence-electron chi connectivity index (χ0n) is 15.7. The molecule has 1 rings (SSSR count). The molecule has 0 fully saturated rings. The highest BCUT2D eigenvalue weighted by Crippen LogP contribution is 2.14. The van der Waals surface area contributed by atoms with Crippen molar-refractivity contribution in [1.82, 2.24) is 4.90 Å². The lowest BCUT2D eigenvalue weighted by molar-refractivity contribution is 0.0797. The van der Waals surface area contributed by atoms with Crippen molar-refractivity contribution in [3.63, 3.8) is 0 Å². The largest absolute Gasteiger partial charge is 0.497 e. The van der Waals surface area contributed by atoms with Crippen LogP contribution in [0.3, 0.4) is 0 Å². The first-order valence-corrected chi connectivity index (χ1v) is 8.46. The average molecular weight is 312 g/mol. The zero-order valence-corrected chi connectivity index (χ0v) is 15.7. The normalized spacial score (nSPS) is 12.4. The van der Waals surface area contributed by atoms with E-state index in [0.29, 0.717) is 5.92 Å². The quantitative estimate of drug-likeness (QED) is 0.807. The fourth-order valence-electron chi connectivity index (χ4n) is 2.08. The number of hydrogen-bond acceptors (Lipinski definition) is 3. The molecule has 0 spiro atoms. The van der Waals surface area contributed by atoms with Crippen molar-refractivity contribution in [2.45, 2.75) is 53.1 Å². The zero-order chi connectivity index (χ0) is 17.4. The van der Waals surface area contributed by atoms with E-state index in [4.69, 9.17) is 4.74 Å². The van der Waals surface area contributed by atoms with Gasteiger partial charge in [0.2, 0.25) is 0 Å². The molecule has 0 aliphatic rings. The Hall–Kier alpha value is -1.06. The molecule has 0 radical (unpaired) electrons. The highest BCUT2D eigenvalue weighted by atomic mass is 16.5. The van der Waals surface area contributed by atoms with Crippen molar-refractivity contribution in [1.29, 1.82) is 0 Å². The second-order valence-corrected chi connectivity index (χ2v) is 5.30. The summed E-state index contributed by atoms with van der Waals surface area (Å²) in [5.41, 5.74) is 0. The molecule has 3 nitrogen and oxygen atoms in total. The summed E-state index contributed by atoms with van der Waals surface area (Å²) in [5.74, 6) is 1.35. The SMILES string of the molecule is CC.CCC[C@@H](O)[C@H](CC)CN(C)C.COc1ccccc1. The molecular weight excluding hydrogens is 274 g/mol. The maximum absolute atomic E-state index is 9.73. The number of rotatable bonds is 7. The molecule has 0 aliphatic heterocycles. The van der Waals surface area contributed by atoms with Crippen LogP contribution in [0.2, 0.25) is 0 Å². The third-order valence-electron chi connectivity index (χ3n) is 3.23. The number of nitrogens with zero attached hydrogens (tertiary/aromatic N) is 1. The first-order chi connectivity index (χ1) is 10.5. The molecule has 22 heavy (non-hydrogen) atoms. The number of benzene rings is 1. The maximum Gasteiger partial charge on any atom is 0.118 e. The Morgan fingerprint density at radius 1 is 1.09 bits per heavy atom. The average Bonchev–Trinajstić information content (AvgIpc) is 2.55. The van der Waals surface area contributed by atoms with Crippen LogP contribution in [0.1, 0.15) is 47.0 Å². The molecule has 0 aromatic heterocycles. The van der Waals surface area contributed by atoms with Crippen molar-refractivity contribution in [3.8, 4) is 5.75 Å². The van der Waals surface area contributed by atoms with Gasteiger partial charge in [-0.05, 0) is 45.0 Å². The minimum atomic E-state index is -0.109. The van der Waals surface area contributed by atoms with Crippen molar-refractivity contribution in [3.05, 3.63) is 30.3 Å². The first kappa shape index (κ1) is 23.2. The molecule has 0 heterocycles. The van der Waals surface area contributed by atoms with Gasteiger partial charge in [-0.3, -0.25) is 0 Å². The van der Waals surface area contributed by atoms with E-state index in [0.717, 1.165) is 31.6 Å². The van der Waals surface area contributed by atoms with Crippen LogP contribution in [0.4, 0.5) is 0 Å². The number of methoxy groups -OCH3 is 1. The predicted molar refractivity (Wildman–Crippen MR) is 97.6 cm³/mol. The van der Waals surface area contributed by atoms with Gasteiger partial charge in [-0.2, -0.15) is 0 Å². The highest BCUT2D eigenvalue weighted by molar-refractivity contribution is 5.20. The predicted octanol–water partition coefficient (Wildman–Crippen LogP) is 4.46. The summed E-state index contributed by atoms with van der Waals surface area (Å²) in [5, 5.41) is 9.73. The monoisotopic (exact) mass is 311 g/mol. The Labute approximate surface area is 138 Å². The van der Waals surface area contributed by atoms with Crippen LogP contribution in [-0.2, 0) is 0 Å². The summed E-state index contributed by atoms with van der Waals surface area (Å²) in [6.45, 7) is 9.26. The van der Waals surface area contributed by atoms with Gasteiger partial charge in [-0.25, -0.2) is 0 Å². The van der Waals surface area contributed by atoms with Gasteiger partial charge in [0.1, 0.15) is 5.75 Å². The Balaban J connectivity index is 0. The molecular formula is C19H37NO2. The van der Waals surface area contributed by atoms with Crippen molar-refractivity contribution in [2.24, 2.45) is 5.92 Å². The molecule has 1 aromatic rings. The maximum atomic E-state index is 9.73. The van der Waals surface area contributed by atoms with E-state index >= 15 is 0 Å². The molecule has 0 aliphatic carbocycles. The smallest absolute Gasteiger partial charge is 0.118 e. The summed E-state index contributed by atoms with van der Waals surface area (Å²) >= 11 is 0.